The summed E-state index contributed by atoms with van der Waals surface area (Å²) in [5.41, 5.74) is 7.94. The third-order valence-corrected chi connectivity index (χ3v) is 2.55. The third kappa shape index (κ3) is 2.23. The van der Waals surface area contributed by atoms with Crippen LogP contribution < -0.4 is 15.2 Å². The van der Waals surface area contributed by atoms with Crippen molar-refractivity contribution >= 4 is 29.8 Å². The topological polar surface area (TPSA) is 56.8 Å². The monoisotopic (exact) mass is 334 g/mol. The van der Waals surface area contributed by atoms with E-state index in [9.17, 15) is 0 Å². The number of amidine groups is 1. The minimum atomic E-state index is 0. The Morgan fingerprint density at radius 3 is 2.44 bits per heavy atom. The Labute approximate surface area is 112 Å². The van der Waals surface area contributed by atoms with Crippen LogP contribution in [0.2, 0.25) is 0 Å². The standard InChI is InChI=1S/C11H14N2O2.HI/c1-14-9-5-7-3-4-13-11(12)8(7)6-10(9)15-2;/h5-6H,3-4H2,1-2H3,(H2,12,13);1H. The van der Waals surface area contributed by atoms with Gasteiger partial charge in [-0.1, -0.05) is 0 Å². The van der Waals surface area contributed by atoms with Crippen LogP contribution in [0.1, 0.15) is 11.1 Å². The lowest BCUT2D eigenvalue weighted by molar-refractivity contribution is 0.354. The lowest BCUT2D eigenvalue weighted by Gasteiger charge is -2.17. The van der Waals surface area contributed by atoms with Gasteiger partial charge in [0.05, 0.1) is 14.2 Å². The van der Waals surface area contributed by atoms with Crippen LogP contribution in [-0.4, -0.2) is 26.6 Å². The van der Waals surface area contributed by atoms with Gasteiger partial charge in [0.1, 0.15) is 5.84 Å². The zero-order valence-electron chi connectivity index (χ0n) is 9.32. The molecule has 1 heterocycles. The maximum atomic E-state index is 5.82. The molecule has 1 aromatic rings. The summed E-state index contributed by atoms with van der Waals surface area (Å²) in [7, 11) is 3.24. The van der Waals surface area contributed by atoms with E-state index in [1.807, 2.05) is 12.1 Å². The van der Waals surface area contributed by atoms with Crippen LogP contribution in [-0.2, 0) is 6.42 Å². The summed E-state index contributed by atoms with van der Waals surface area (Å²) in [4.78, 5) is 4.20. The molecule has 0 fully saturated rings. The van der Waals surface area contributed by atoms with E-state index in [1.54, 1.807) is 14.2 Å². The van der Waals surface area contributed by atoms with Gasteiger partial charge in [0.25, 0.3) is 0 Å². The van der Waals surface area contributed by atoms with Crippen LogP contribution >= 0.6 is 24.0 Å². The highest BCUT2D eigenvalue weighted by molar-refractivity contribution is 14.0. The number of aliphatic imine (C=N–C) groups is 1. The van der Waals surface area contributed by atoms with Crippen molar-refractivity contribution in [1.82, 2.24) is 0 Å². The van der Waals surface area contributed by atoms with Crippen molar-refractivity contribution in [3.63, 3.8) is 0 Å². The van der Waals surface area contributed by atoms with Gasteiger partial charge in [0, 0.05) is 12.1 Å². The molecule has 0 atom stereocenters. The van der Waals surface area contributed by atoms with Gasteiger partial charge < -0.3 is 15.2 Å². The Kier molecular flexibility index (Phi) is 4.40. The van der Waals surface area contributed by atoms with E-state index >= 15 is 0 Å². The first kappa shape index (κ1) is 13.1. The van der Waals surface area contributed by atoms with Crippen LogP contribution in [0.3, 0.4) is 0 Å². The van der Waals surface area contributed by atoms with Gasteiger partial charge in [-0.25, -0.2) is 0 Å². The molecular weight excluding hydrogens is 319 g/mol. The molecular formula is C11H15IN2O2. The van der Waals surface area contributed by atoms with Crippen molar-refractivity contribution in [2.75, 3.05) is 20.8 Å². The van der Waals surface area contributed by atoms with E-state index in [0.29, 0.717) is 11.6 Å². The maximum Gasteiger partial charge on any atom is 0.161 e. The number of methoxy groups -OCH3 is 2. The Hall–Kier alpha value is -0.980. The highest BCUT2D eigenvalue weighted by Crippen LogP contribution is 2.31. The van der Waals surface area contributed by atoms with Gasteiger partial charge in [-0.05, 0) is 24.1 Å². The van der Waals surface area contributed by atoms with Gasteiger partial charge in [0.2, 0.25) is 0 Å². The summed E-state index contributed by atoms with van der Waals surface area (Å²) < 4.78 is 10.4. The fourth-order valence-electron chi connectivity index (χ4n) is 1.75. The zero-order chi connectivity index (χ0) is 10.8. The molecule has 0 radical (unpaired) electrons. The summed E-state index contributed by atoms with van der Waals surface area (Å²) in [6.07, 6.45) is 0.899. The number of hydrogen-bond donors (Lipinski definition) is 1. The summed E-state index contributed by atoms with van der Waals surface area (Å²) in [6.45, 7) is 0.744. The summed E-state index contributed by atoms with van der Waals surface area (Å²) >= 11 is 0. The van der Waals surface area contributed by atoms with Crippen molar-refractivity contribution in [2.45, 2.75) is 6.42 Å². The average molecular weight is 334 g/mol. The second-order valence-electron chi connectivity index (χ2n) is 3.38. The lowest BCUT2D eigenvalue weighted by atomic mass is 10.0. The zero-order valence-corrected chi connectivity index (χ0v) is 11.6. The molecule has 4 nitrogen and oxygen atoms in total. The fourth-order valence-corrected chi connectivity index (χ4v) is 1.75. The molecule has 1 aromatic carbocycles. The molecule has 0 spiro atoms. The van der Waals surface area contributed by atoms with Crippen LogP contribution in [0.4, 0.5) is 0 Å². The molecule has 5 heteroatoms. The molecule has 0 amide bonds. The molecule has 1 aliphatic heterocycles. The first-order valence-electron chi connectivity index (χ1n) is 4.81. The Morgan fingerprint density at radius 1 is 1.19 bits per heavy atom. The van der Waals surface area contributed by atoms with Crippen molar-refractivity contribution in [1.29, 1.82) is 0 Å². The van der Waals surface area contributed by atoms with Gasteiger partial charge in [0.15, 0.2) is 11.5 Å². The Morgan fingerprint density at radius 2 is 1.81 bits per heavy atom. The summed E-state index contributed by atoms with van der Waals surface area (Å²) in [6, 6.07) is 3.85. The maximum absolute atomic E-state index is 5.82. The fraction of sp³-hybridized carbons (Fsp3) is 0.364. The quantitative estimate of drug-likeness (QED) is 0.836. The van der Waals surface area contributed by atoms with Crippen molar-refractivity contribution in [2.24, 2.45) is 10.7 Å². The predicted molar refractivity (Wildman–Crippen MR) is 74.3 cm³/mol. The van der Waals surface area contributed by atoms with Gasteiger partial charge >= 0.3 is 0 Å². The molecule has 16 heavy (non-hydrogen) atoms. The Bertz CT molecular complexity index is 419. The first-order chi connectivity index (χ1) is 7.26. The Balaban J connectivity index is 0.00000128. The van der Waals surface area contributed by atoms with E-state index < -0.39 is 0 Å². The van der Waals surface area contributed by atoms with E-state index in [-0.39, 0.29) is 24.0 Å². The van der Waals surface area contributed by atoms with Gasteiger partial charge in [-0.15, -0.1) is 24.0 Å². The molecule has 0 unspecified atom stereocenters. The number of hydrogen-bond acceptors (Lipinski definition) is 4. The second-order valence-corrected chi connectivity index (χ2v) is 3.38. The van der Waals surface area contributed by atoms with E-state index in [1.165, 1.54) is 5.56 Å². The number of nitrogens with zero attached hydrogens (tertiary/aromatic N) is 1. The molecule has 0 aromatic heterocycles. The number of nitrogens with two attached hydrogens (primary N) is 1. The molecule has 1 aliphatic rings. The third-order valence-electron chi connectivity index (χ3n) is 2.55. The van der Waals surface area contributed by atoms with Crippen molar-refractivity contribution in [3.8, 4) is 11.5 Å². The van der Waals surface area contributed by atoms with Crippen LogP contribution in [0.5, 0.6) is 11.5 Å². The molecule has 0 saturated heterocycles. The highest BCUT2D eigenvalue weighted by Gasteiger charge is 2.16. The van der Waals surface area contributed by atoms with Crippen LogP contribution in [0.25, 0.3) is 0 Å². The lowest BCUT2D eigenvalue weighted by Crippen LogP contribution is -2.21. The predicted octanol–water partition coefficient (Wildman–Crippen LogP) is 1.58. The molecule has 0 saturated carbocycles. The summed E-state index contributed by atoms with van der Waals surface area (Å²) in [5.74, 6) is 2.01. The normalized spacial score (nSPS) is 13.2. The minimum Gasteiger partial charge on any atom is -0.493 e. The second kappa shape index (κ2) is 5.38. The van der Waals surface area contributed by atoms with Gasteiger partial charge in [-0.3, -0.25) is 4.99 Å². The number of rotatable bonds is 2. The SMILES string of the molecule is COc1cc2c(cc1OC)C(N)=NCC2.I. The molecule has 88 valence electrons. The minimum absolute atomic E-state index is 0. The molecule has 2 N–H and O–H groups in total. The largest absolute Gasteiger partial charge is 0.493 e. The van der Waals surface area contributed by atoms with Crippen molar-refractivity contribution in [3.05, 3.63) is 23.3 Å². The van der Waals surface area contributed by atoms with Crippen molar-refractivity contribution < 1.29 is 9.47 Å². The number of ether oxygens (including phenoxy) is 2. The van der Waals surface area contributed by atoms with Gasteiger partial charge in [-0.2, -0.15) is 0 Å². The molecule has 0 aliphatic carbocycles. The number of halogens is 1. The molecule has 2 rings (SSSR count). The van der Waals surface area contributed by atoms with Crippen LogP contribution in [0.15, 0.2) is 17.1 Å². The smallest absolute Gasteiger partial charge is 0.161 e. The van der Waals surface area contributed by atoms with Crippen LogP contribution in [0, 0.1) is 0 Å². The summed E-state index contributed by atoms with van der Waals surface area (Å²) in [5, 5.41) is 0. The number of benzene rings is 1. The first-order valence-corrected chi connectivity index (χ1v) is 4.81. The van der Waals surface area contributed by atoms with E-state index in [4.69, 9.17) is 15.2 Å². The van der Waals surface area contributed by atoms with E-state index in [0.717, 1.165) is 24.3 Å². The highest BCUT2D eigenvalue weighted by atomic mass is 127. The van der Waals surface area contributed by atoms with E-state index in [2.05, 4.69) is 4.99 Å². The average Bonchev–Trinajstić information content (AvgIpc) is 2.28. The number of fused-ring (bicyclic) bond motifs is 1. The molecule has 0 bridgehead atoms.